The summed E-state index contributed by atoms with van der Waals surface area (Å²) >= 11 is 0. The number of hydrogen-bond donors (Lipinski definition) is 1. The fourth-order valence-corrected chi connectivity index (χ4v) is 2.93. The molecule has 0 radical (unpaired) electrons. The summed E-state index contributed by atoms with van der Waals surface area (Å²) < 4.78 is 11.4. The van der Waals surface area contributed by atoms with Gasteiger partial charge in [0.25, 0.3) is 0 Å². The molecule has 1 N–H and O–H groups in total. The lowest BCUT2D eigenvalue weighted by atomic mass is 10.1. The third-order valence-electron chi connectivity index (χ3n) is 4.43. The van der Waals surface area contributed by atoms with Crippen LogP contribution in [0.15, 0.2) is 66.1 Å². The number of aromatic nitrogens is 3. The Kier molecular flexibility index (Phi) is 5.92. The summed E-state index contributed by atoms with van der Waals surface area (Å²) in [7, 11) is 0. The number of anilines is 1. The molecule has 8 heteroatoms. The zero-order valence-corrected chi connectivity index (χ0v) is 16.0. The number of nitrogens with zero attached hydrogens (tertiary/aromatic N) is 5. The van der Waals surface area contributed by atoms with E-state index in [1.807, 2.05) is 36.4 Å². The lowest BCUT2D eigenvalue weighted by Crippen LogP contribution is -2.37. The molecule has 8 nitrogen and oxygen atoms in total. The lowest BCUT2D eigenvalue weighted by Gasteiger charge is -2.28. The van der Waals surface area contributed by atoms with E-state index < -0.39 is 0 Å². The molecule has 4 rings (SSSR count). The molecule has 4 heterocycles. The number of hydrogen-bond acceptors (Lipinski definition) is 8. The van der Waals surface area contributed by atoms with Crippen molar-refractivity contribution in [3.8, 4) is 5.88 Å². The van der Waals surface area contributed by atoms with Gasteiger partial charge in [0.1, 0.15) is 12.4 Å². The van der Waals surface area contributed by atoms with Crippen molar-refractivity contribution < 1.29 is 9.47 Å². The van der Waals surface area contributed by atoms with Crippen LogP contribution in [0, 0.1) is 0 Å². The van der Waals surface area contributed by atoms with Crippen LogP contribution in [0.3, 0.4) is 0 Å². The molecule has 0 aromatic carbocycles. The van der Waals surface area contributed by atoms with Crippen LogP contribution in [0.2, 0.25) is 0 Å². The second kappa shape index (κ2) is 9.11. The molecule has 1 fully saturated rings. The van der Waals surface area contributed by atoms with E-state index >= 15 is 0 Å². The molecule has 0 unspecified atom stereocenters. The molecule has 29 heavy (non-hydrogen) atoms. The van der Waals surface area contributed by atoms with E-state index in [4.69, 9.17) is 14.5 Å². The quantitative estimate of drug-likeness (QED) is 0.839. The van der Waals surface area contributed by atoms with Crippen LogP contribution in [-0.2, 0) is 11.3 Å². The molecular weight excluding hydrogens is 368 g/mol. The highest BCUT2D eigenvalue weighted by Gasteiger charge is 2.18. The summed E-state index contributed by atoms with van der Waals surface area (Å²) in [5.41, 5.74) is 5.11. The van der Waals surface area contributed by atoms with Crippen molar-refractivity contribution in [1.82, 2.24) is 20.4 Å². The maximum Gasteiger partial charge on any atom is 0.219 e. The Morgan fingerprint density at radius 2 is 2.10 bits per heavy atom. The molecule has 0 bridgehead atoms. The first-order valence-electron chi connectivity index (χ1n) is 9.39. The summed E-state index contributed by atoms with van der Waals surface area (Å²) in [6.45, 7) is 7.27. The fourth-order valence-electron chi connectivity index (χ4n) is 2.93. The molecule has 148 valence electrons. The Labute approximate surface area is 169 Å². The van der Waals surface area contributed by atoms with E-state index in [2.05, 4.69) is 32.0 Å². The van der Waals surface area contributed by atoms with Crippen molar-refractivity contribution in [3.63, 3.8) is 0 Å². The van der Waals surface area contributed by atoms with Crippen molar-refractivity contribution in [1.29, 1.82) is 0 Å². The zero-order valence-electron chi connectivity index (χ0n) is 16.0. The molecule has 2 aromatic heterocycles. The SMILES string of the molecule is C=C1/C=N\N/C=C\C=C/1c1nc(OCc2ccccn2)cc(N2CCOCC2)n1. The van der Waals surface area contributed by atoms with Gasteiger partial charge in [-0.2, -0.15) is 10.1 Å². The van der Waals surface area contributed by atoms with Crippen LogP contribution in [0.25, 0.3) is 5.57 Å². The average Bonchev–Trinajstić information content (AvgIpc) is 2.76. The second-order valence-electron chi connectivity index (χ2n) is 6.45. The minimum atomic E-state index is 0.325. The minimum Gasteiger partial charge on any atom is -0.471 e. The van der Waals surface area contributed by atoms with Crippen LogP contribution < -0.4 is 15.1 Å². The van der Waals surface area contributed by atoms with Gasteiger partial charge in [-0.1, -0.05) is 12.6 Å². The summed E-state index contributed by atoms with van der Waals surface area (Å²) in [4.78, 5) is 15.9. The predicted molar refractivity (Wildman–Crippen MR) is 112 cm³/mol. The number of ether oxygens (including phenoxy) is 2. The minimum absolute atomic E-state index is 0.325. The first-order chi connectivity index (χ1) is 14.3. The smallest absolute Gasteiger partial charge is 0.219 e. The van der Waals surface area contributed by atoms with E-state index in [1.54, 1.807) is 18.6 Å². The van der Waals surface area contributed by atoms with Gasteiger partial charge in [-0.25, -0.2) is 4.98 Å². The van der Waals surface area contributed by atoms with Gasteiger partial charge < -0.3 is 14.4 Å². The Hall–Kier alpha value is -3.52. The summed E-state index contributed by atoms with van der Waals surface area (Å²) in [6.07, 6.45) is 8.87. The number of pyridine rings is 1. The third kappa shape index (κ3) is 4.85. The maximum atomic E-state index is 5.95. The zero-order chi connectivity index (χ0) is 19.9. The molecule has 0 spiro atoms. The van der Waals surface area contributed by atoms with E-state index in [-0.39, 0.29) is 0 Å². The average molecular weight is 390 g/mol. The van der Waals surface area contributed by atoms with Gasteiger partial charge in [-0.15, -0.1) is 0 Å². The molecule has 2 aliphatic rings. The molecule has 1 saturated heterocycles. The van der Waals surface area contributed by atoms with Crippen LogP contribution in [-0.4, -0.2) is 47.5 Å². The number of hydrazone groups is 1. The second-order valence-corrected chi connectivity index (χ2v) is 6.45. The van der Waals surface area contributed by atoms with Gasteiger partial charge >= 0.3 is 0 Å². The van der Waals surface area contributed by atoms with Gasteiger partial charge in [-0.05, 0) is 29.9 Å². The van der Waals surface area contributed by atoms with Crippen molar-refractivity contribution in [2.75, 3.05) is 31.2 Å². The monoisotopic (exact) mass is 390 g/mol. The van der Waals surface area contributed by atoms with Gasteiger partial charge in [-0.3, -0.25) is 10.4 Å². The largest absolute Gasteiger partial charge is 0.471 e. The number of allylic oxidation sites excluding steroid dienone is 4. The summed E-state index contributed by atoms with van der Waals surface area (Å²) in [5.74, 6) is 1.81. The predicted octanol–water partition coefficient (Wildman–Crippen LogP) is 2.33. The maximum absolute atomic E-state index is 5.95. The standard InChI is InChI=1S/C21H22N6O2/c1-16-14-24-23-8-4-6-18(16)21-25-19(27-9-11-28-12-10-27)13-20(26-21)29-15-17-5-2-3-7-22-17/h2-8,13-14,23H,1,9-12,15H2/b8-4-,18-6+,24-14-. The van der Waals surface area contributed by atoms with Gasteiger partial charge in [0.15, 0.2) is 5.82 Å². The molecular formula is C21H22N6O2. The van der Waals surface area contributed by atoms with E-state index in [1.165, 1.54) is 0 Å². The van der Waals surface area contributed by atoms with Crippen molar-refractivity contribution in [2.45, 2.75) is 6.61 Å². The van der Waals surface area contributed by atoms with E-state index in [0.717, 1.165) is 30.2 Å². The molecule has 2 aliphatic heterocycles. The first-order valence-corrected chi connectivity index (χ1v) is 9.39. The molecule has 0 amide bonds. The number of rotatable bonds is 5. The lowest BCUT2D eigenvalue weighted by molar-refractivity contribution is 0.122. The van der Waals surface area contributed by atoms with Gasteiger partial charge in [0.2, 0.25) is 5.88 Å². The Morgan fingerprint density at radius 1 is 1.21 bits per heavy atom. The highest BCUT2D eigenvalue weighted by Crippen LogP contribution is 2.26. The van der Waals surface area contributed by atoms with E-state index in [9.17, 15) is 0 Å². The number of nitrogens with one attached hydrogen (secondary N) is 1. The van der Waals surface area contributed by atoms with E-state index in [0.29, 0.717) is 37.1 Å². The Bertz CT molecular complexity index is 949. The Balaban J connectivity index is 1.67. The topological polar surface area (TPSA) is 84.8 Å². The van der Waals surface area contributed by atoms with Crippen molar-refractivity contribution in [2.24, 2.45) is 5.10 Å². The van der Waals surface area contributed by atoms with Crippen molar-refractivity contribution in [3.05, 3.63) is 72.5 Å². The highest BCUT2D eigenvalue weighted by molar-refractivity contribution is 5.99. The normalized spacial score (nSPS) is 20.6. The number of morpholine rings is 1. The highest BCUT2D eigenvalue weighted by atomic mass is 16.5. The van der Waals surface area contributed by atoms with Crippen molar-refractivity contribution >= 4 is 17.6 Å². The third-order valence-corrected chi connectivity index (χ3v) is 4.43. The van der Waals surface area contributed by atoms with Crippen LogP contribution in [0.5, 0.6) is 5.88 Å². The van der Waals surface area contributed by atoms with Crippen LogP contribution >= 0.6 is 0 Å². The molecule has 2 aromatic rings. The fraction of sp³-hybridized carbons (Fsp3) is 0.238. The van der Waals surface area contributed by atoms with Crippen LogP contribution in [0.4, 0.5) is 5.82 Å². The first kappa shape index (κ1) is 18.8. The summed E-state index contributed by atoms with van der Waals surface area (Å²) in [5, 5.41) is 4.07. The Morgan fingerprint density at radius 3 is 2.93 bits per heavy atom. The van der Waals surface area contributed by atoms with Gasteiger partial charge in [0.05, 0.1) is 25.1 Å². The van der Waals surface area contributed by atoms with Gasteiger partial charge in [0, 0.05) is 37.1 Å². The summed E-state index contributed by atoms with van der Waals surface area (Å²) in [6, 6.07) is 7.58. The molecule has 0 aliphatic carbocycles. The van der Waals surface area contributed by atoms with Crippen LogP contribution in [0.1, 0.15) is 11.5 Å². The molecule has 0 saturated carbocycles. The molecule has 0 atom stereocenters.